The van der Waals surface area contributed by atoms with Crippen molar-refractivity contribution in [2.75, 3.05) is 13.7 Å². The van der Waals surface area contributed by atoms with Crippen molar-refractivity contribution >= 4 is 10.8 Å². The highest BCUT2D eigenvalue weighted by molar-refractivity contribution is 5.91. The summed E-state index contributed by atoms with van der Waals surface area (Å²) < 4.78 is 17.1. The zero-order valence-electron chi connectivity index (χ0n) is 16.0. The summed E-state index contributed by atoms with van der Waals surface area (Å²) in [6.45, 7) is 4.04. The number of hydrogen-bond acceptors (Lipinski definition) is 5. The van der Waals surface area contributed by atoms with Crippen LogP contribution in [0.4, 0.5) is 0 Å². The molecule has 0 radical (unpaired) electrons. The van der Waals surface area contributed by atoms with E-state index in [1.54, 1.807) is 13.2 Å². The van der Waals surface area contributed by atoms with E-state index in [9.17, 15) is 5.26 Å². The molecule has 5 nitrogen and oxygen atoms in total. The molecule has 0 amide bonds. The summed E-state index contributed by atoms with van der Waals surface area (Å²) in [5.41, 5.74) is 8.28. The Kier molecular flexibility index (Phi) is 4.84. The fourth-order valence-electron chi connectivity index (χ4n) is 3.66. The van der Waals surface area contributed by atoms with Crippen LogP contribution >= 0.6 is 0 Å². The molecule has 1 heterocycles. The number of benzene rings is 3. The van der Waals surface area contributed by atoms with Crippen LogP contribution in [0.1, 0.15) is 17.0 Å². The average Bonchev–Trinajstić information content (AvgIpc) is 2.76. The summed E-state index contributed by atoms with van der Waals surface area (Å²) >= 11 is 0. The maximum absolute atomic E-state index is 9.79. The third-order valence-electron chi connectivity index (χ3n) is 4.99. The molecule has 2 N–H and O–H groups in total. The molecule has 0 fully saturated rings. The highest BCUT2D eigenvalue weighted by atomic mass is 16.5. The highest BCUT2D eigenvalue weighted by Crippen LogP contribution is 2.46. The molecule has 0 bridgehead atoms. The predicted octanol–water partition coefficient (Wildman–Crippen LogP) is 4.63. The average molecular weight is 384 g/mol. The molecular weight excluding hydrogens is 364 g/mol. The molecule has 1 aliphatic rings. The van der Waals surface area contributed by atoms with E-state index in [-0.39, 0.29) is 11.8 Å². The topological polar surface area (TPSA) is 77.5 Å². The van der Waals surface area contributed by atoms with Gasteiger partial charge >= 0.3 is 0 Å². The van der Waals surface area contributed by atoms with E-state index < -0.39 is 0 Å². The van der Waals surface area contributed by atoms with Gasteiger partial charge in [0.15, 0.2) is 11.5 Å². The zero-order chi connectivity index (χ0) is 20.4. The first-order valence-corrected chi connectivity index (χ1v) is 9.18. The van der Waals surface area contributed by atoms with E-state index in [0.717, 1.165) is 21.9 Å². The van der Waals surface area contributed by atoms with Gasteiger partial charge in [0.25, 0.3) is 0 Å². The van der Waals surface area contributed by atoms with Gasteiger partial charge in [-0.1, -0.05) is 55.1 Å². The van der Waals surface area contributed by atoms with Crippen molar-refractivity contribution in [2.45, 2.75) is 5.92 Å². The first-order valence-electron chi connectivity index (χ1n) is 9.18. The summed E-state index contributed by atoms with van der Waals surface area (Å²) in [5, 5.41) is 11.8. The predicted molar refractivity (Wildman–Crippen MR) is 112 cm³/mol. The van der Waals surface area contributed by atoms with Crippen LogP contribution < -0.4 is 19.9 Å². The number of nitriles is 1. The second-order valence-corrected chi connectivity index (χ2v) is 6.64. The number of nitrogens with zero attached hydrogens (tertiary/aromatic N) is 1. The first kappa shape index (κ1) is 18.5. The quantitative estimate of drug-likeness (QED) is 0.649. The molecule has 5 heteroatoms. The van der Waals surface area contributed by atoms with Gasteiger partial charge in [0.1, 0.15) is 24.0 Å². The van der Waals surface area contributed by atoms with Crippen LogP contribution in [0.3, 0.4) is 0 Å². The fourth-order valence-corrected chi connectivity index (χ4v) is 3.66. The van der Waals surface area contributed by atoms with E-state index in [0.29, 0.717) is 29.4 Å². The number of hydrogen-bond donors (Lipinski definition) is 1. The van der Waals surface area contributed by atoms with Crippen LogP contribution in [0.5, 0.6) is 17.2 Å². The molecule has 144 valence electrons. The van der Waals surface area contributed by atoms with Crippen molar-refractivity contribution < 1.29 is 14.2 Å². The molecule has 0 spiro atoms. The van der Waals surface area contributed by atoms with Gasteiger partial charge in [0.05, 0.1) is 13.0 Å². The van der Waals surface area contributed by atoms with Gasteiger partial charge in [0.2, 0.25) is 5.88 Å². The van der Waals surface area contributed by atoms with Crippen molar-refractivity contribution in [3.63, 3.8) is 0 Å². The summed E-state index contributed by atoms with van der Waals surface area (Å²) in [4.78, 5) is 0. The van der Waals surface area contributed by atoms with E-state index in [4.69, 9.17) is 19.9 Å². The second-order valence-electron chi connectivity index (χ2n) is 6.64. The Bertz CT molecular complexity index is 1170. The summed E-state index contributed by atoms with van der Waals surface area (Å²) in [5.74, 6) is 1.62. The Morgan fingerprint density at radius 2 is 2.00 bits per heavy atom. The van der Waals surface area contributed by atoms with Gasteiger partial charge in [-0.2, -0.15) is 5.26 Å². The Balaban J connectivity index is 1.90. The van der Waals surface area contributed by atoms with Gasteiger partial charge < -0.3 is 19.9 Å². The molecule has 29 heavy (non-hydrogen) atoms. The third-order valence-corrected chi connectivity index (χ3v) is 4.99. The van der Waals surface area contributed by atoms with E-state index in [1.165, 1.54) is 0 Å². The minimum Gasteiger partial charge on any atom is -0.493 e. The van der Waals surface area contributed by atoms with Crippen molar-refractivity contribution in [3.8, 4) is 23.3 Å². The number of methoxy groups -OCH3 is 1. The lowest BCUT2D eigenvalue weighted by atomic mass is 9.82. The third kappa shape index (κ3) is 3.15. The lowest BCUT2D eigenvalue weighted by Gasteiger charge is -2.28. The SMILES string of the molecule is C=CCOc1ccc([C@@H]2C(C#N)=C(N)Oc3c2ccc2ccccc32)cc1OC. The maximum Gasteiger partial charge on any atom is 0.205 e. The molecule has 3 aromatic rings. The highest BCUT2D eigenvalue weighted by Gasteiger charge is 2.32. The van der Waals surface area contributed by atoms with Crippen LogP contribution in [0.15, 0.2) is 78.7 Å². The molecule has 0 saturated carbocycles. The van der Waals surface area contributed by atoms with E-state index in [1.807, 2.05) is 54.6 Å². The number of allylic oxidation sites excluding steroid dienone is 1. The smallest absolute Gasteiger partial charge is 0.205 e. The molecule has 0 aromatic heterocycles. The standard InChI is InChI=1S/C24H20N2O3/c1-3-12-28-20-11-9-16(13-21(20)27-2)22-18-10-8-15-6-4-5-7-17(15)23(18)29-24(26)19(22)14-25/h3-11,13,22H,1,12,26H2,2H3/t22-/m0/s1. The lowest BCUT2D eigenvalue weighted by molar-refractivity contribution is 0.326. The number of ether oxygens (including phenoxy) is 3. The van der Waals surface area contributed by atoms with Crippen molar-refractivity contribution in [3.05, 3.63) is 89.8 Å². The maximum atomic E-state index is 9.79. The zero-order valence-corrected chi connectivity index (χ0v) is 16.0. The van der Waals surface area contributed by atoms with Gasteiger partial charge in [-0.05, 0) is 23.1 Å². The van der Waals surface area contributed by atoms with E-state index >= 15 is 0 Å². The second kappa shape index (κ2) is 7.61. The number of nitrogens with two attached hydrogens (primary N) is 1. The van der Waals surface area contributed by atoms with Crippen molar-refractivity contribution in [1.29, 1.82) is 5.26 Å². The molecule has 4 rings (SSSR count). The minimum absolute atomic E-state index is 0.118. The van der Waals surface area contributed by atoms with Gasteiger partial charge in [-0.25, -0.2) is 0 Å². The van der Waals surface area contributed by atoms with Crippen molar-refractivity contribution in [1.82, 2.24) is 0 Å². The number of rotatable bonds is 5. The van der Waals surface area contributed by atoms with E-state index in [2.05, 4.69) is 12.6 Å². The van der Waals surface area contributed by atoms with Crippen LogP contribution in [0.25, 0.3) is 10.8 Å². The molecule has 1 atom stereocenters. The Hall–Kier alpha value is -3.91. The molecule has 0 saturated heterocycles. The van der Waals surface area contributed by atoms with Crippen LogP contribution in [-0.2, 0) is 0 Å². The fraction of sp³-hybridized carbons (Fsp3) is 0.125. The number of fused-ring (bicyclic) bond motifs is 3. The summed E-state index contributed by atoms with van der Waals surface area (Å²) in [7, 11) is 1.58. The van der Waals surface area contributed by atoms with Gasteiger partial charge in [-0.15, -0.1) is 0 Å². The Labute approximate surface area is 169 Å². The van der Waals surface area contributed by atoms with Crippen LogP contribution in [-0.4, -0.2) is 13.7 Å². The van der Waals surface area contributed by atoms with Crippen LogP contribution in [0.2, 0.25) is 0 Å². The molecule has 0 aliphatic carbocycles. The normalized spacial score (nSPS) is 15.2. The Morgan fingerprint density at radius 3 is 2.76 bits per heavy atom. The Morgan fingerprint density at radius 1 is 1.17 bits per heavy atom. The molecule has 0 unspecified atom stereocenters. The van der Waals surface area contributed by atoms with Crippen molar-refractivity contribution in [2.24, 2.45) is 5.73 Å². The van der Waals surface area contributed by atoms with Gasteiger partial charge in [0, 0.05) is 10.9 Å². The molecule has 1 aliphatic heterocycles. The molecular formula is C24H20N2O3. The monoisotopic (exact) mass is 384 g/mol. The largest absolute Gasteiger partial charge is 0.493 e. The summed E-state index contributed by atoms with van der Waals surface area (Å²) in [6.07, 6.45) is 1.67. The van der Waals surface area contributed by atoms with Crippen LogP contribution in [0, 0.1) is 11.3 Å². The first-order chi connectivity index (χ1) is 14.2. The summed E-state index contributed by atoms with van der Waals surface area (Å²) in [6, 6.07) is 19.8. The van der Waals surface area contributed by atoms with Gasteiger partial charge in [-0.3, -0.25) is 0 Å². The molecule has 3 aromatic carbocycles. The lowest BCUT2D eigenvalue weighted by Crippen LogP contribution is -2.21. The minimum atomic E-state index is -0.365.